The van der Waals surface area contributed by atoms with Crippen LogP contribution in [0.15, 0.2) is 16.5 Å². The summed E-state index contributed by atoms with van der Waals surface area (Å²) in [4.78, 5) is 12.3. The summed E-state index contributed by atoms with van der Waals surface area (Å²) in [5.74, 6) is 1.43. The van der Waals surface area contributed by atoms with E-state index in [2.05, 4.69) is 5.32 Å². The maximum atomic E-state index is 12.3. The van der Waals surface area contributed by atoms with Crippen LogP contribution < -0.4 is 5.32 Å². The van der Waals surface area contributed by atoms with E-state index in [1.807, 2.05) is 19.1 Å². The Morgan fingerprint density at radius 2 is 2.14 bits per heavy atom. The number of hydrogen-bond acceptors (Lipinski definition) is 4. The van der Waals surface area contributed by atoms with Crippen molar-refractivity contribution in [2.45, 2.75) is 63.5 Å². The number of rotatable bonds is 7. The quantitative estimate of drug-likeness (QED) is 0.812. The molecule has 1 aromatic rings. The molecule has 0 bridgehead atoms. The monoisotopic (exact) mass is 309 g/mol. The maximum absolute atomic E-state index is 12.3. The van der Waals surface area contributed by atoms with Crippen molar-refractivity contribution in [1.82, 2.24) is 5.32 Å². The van der Waals surface area contributed by atoms with Crippen LogP contribution in [-0.4, -0.2) is 30.3 Å². The van der Waals surface area contributed by atoms with E-state index in [1.165, 1.54) is 0 Å². The molecule has 1 heterocycles. The predicted molar refractivity (Wildman–Crippen MR) is 83.5 cm³/mol. The van der Waals surface area contributed by atoms with Crippen LogP contribution >= 0.6 is 0 Å². The largest absolute Gasteiger partial charge is 0.464 e. The summed E-state index contributed by atoms with van der Waals surface area (Å²) in [6, 6.07) is 3.47. The van der Waals surface area contributed by atoms with Crippen LogP contribution in [0.2, 0.25) is 0 Å². The first-order valence-corrected chi connectivity index (χ1v) is 8.15. The second kappa shape index (κ2) is 7.79. The van der Waals surface area contributed by atoms with Gasteiger partial charge in [-0.2, -0.15) is 0 Å². The fourth-order valence-electron chi connectivity index (χ4n) is 3.06. The number of carbonyl (C=O) groups excluding carboxylic acids is 1. The highest BCUT2D eigenvalue weighted by atomic mass is 16.5. The summed E-state index contributed by atoms with van der Waals surface area (Å²) >= 11 is 0. The molecule has 0 aliphatic heterocycles. The first-order valence-electron chi connectivity index (χ1n) is 8.15. The molecule has 2 rings (SSSR count). The van der Waals surface area contributed by atoms with Gasteiger partial charge in [-0.05, 0) is 25.0 Å². The molecule has 5 heteroatoms. The number of amides is 1. The zero-order chi connectivity index (χ0) is 16.0. The minimum Gasteiger partial charge on any atom is -0.464 e. The van der Waals surface area contributed by atoms with Gasteiger partial charge in [0, 0.05) is 13.5 Å². The van der Waals surface area contributed by atoms with Crippen LogP contribution in [0.25, 0.3) is 0 Å². The highest BCUT2D eigenvalue weighted by Gasteiger charge is 2.32. The van der Waals surface area contributed by atoms with Gasteiger partial charge in [-0.15, -0.1) is 0 Å². The third-order valence-corrected chi connectivity index (χ3v) is 4.32. The Morgan fingerprint density at radius 3 is 2.73 bits per heavy atom. The van der Waals surface area contributed by atoms with Crippen molar-refractivity contribution < 1.29 is 19.1 Å². The van der Waals surface area contributed by atoms with E-state index in [4.69, 9.17) is 9.15 Å². The molecule has 124 valence electrons. The van der Waals surface area contributed by atoms with Crippen LogP contribution in [0, 0.1) is 0 Å². The number of nitrogens with one attached hydrogen (secondary N) is 1. The SMILES string of the molecule is CCc1ccc(C(COC)NC(=O)CC2(O)CCCCC2)o1. The highest BCUT2D eigenvalue weighted by molar-refractivity contribution is 5.77. The maximum Gasteiger partial charge on any atom is 0.223 e. The van der Waals surface area contributed by atoms with Crippen molar-refractivity contribution in [2.75, 3.05) is 13.7 Å². The molecule has 5 nitrogen and oxygen atoms in total. The number of carbonyl (C=O) groups is 1. The lowest BCUT2D eigenvalue weighted by Crippen LogP contribution is -2.40. The fourth-order valence-corrected chi connectivity index (χ4v) is 3.06. The molecule has 0 spiro atoms. The van der Waals surface area contributed by atoms with Crippen molar-refractivity contribution in [1.29, 1.82) is 0 Å². The third kappa shape index (κ3) is 4.58. The third-order valence-electron chi connectivity index (χ3n) is 4.32. The van der Waals surface area contributed by atoms with Crippen molar-refractivity contribution in [3.8, 4) is 0 Å². The molecule has 1 fully saturated rings. The van der Waals surface area contributed by atoms with Crippen LogP contribution in [0.3, 0.4) is 0 Å². The molecule has 1 amide bonds. The second-order valence-corrected chi connectivity index (χ2v) is 6.19. The van der Waals surface area contributed by atoms with Gasteiger partial charge in [0.2, 0.25) is 5.91 Å². The first kappa shape index (κ1) is 17.0. The average molecular weight is 309 g/mol. The van der Waals surface area contributed by atoms with E-state index in [1.54, 1.807) is 7.11 Å². The topological polar surface area (TPSA) is 71.7 Å². The number of aliphatic hydroxyl groups is 1. The summed E-state index contributed by atoms with van der Waals surface area (Å²) in [7, 11) is 1.59. The Hall–Kier alpha value is -1.33. The lowest BCUT2D eigenvalue weighted by atomic mass is 9.82. The Balaban J connectivity index is 1.96. The lowest BCUT2D eigenvalue weighted by Gasteiger charge is -2.31. The van der Waals surface area contributed by atoms with Crippen molar-refractivity contribution in [3.05, 3.63) is 23.7 Å². The van der Waals surface area contributed by atoms with Gasteiger partial charge >= 0.3 is 0 Å². The van der Waals surface area contributed by atoms with Gasteiger partial charge in [0.25, 0.3) is 0 Å². The number of ether oxygens (including phenoxy) is 1. The number of aryl methyl sites for hydroxylation is 1. The zero-order valence-electron chi connectivity index (χ0n) is 13.6. The summed E-state index contributed by atoms with van der Waals surface area (Å²) in [5, 5.41) is 13.4. The van der Waals surface area contributed by atoms with Crippen molar-refractivity contribution in [3.63, 3.8) is 0 Å². The van der Waals surface area contributed by atoms with Gasteiger partial charge in [0.15, 0.2) is 0 Å². The molecule has 22 heavy (non-hydrogen) atoms. The summed E-state index contributed by atoms with van der Waals surface area (Å²) in [5.41, 5.74) is -0.850. The Kier molecular flexibility index (Phi) is 6.03. The van der Waals surface area contributed by atoms with E-state index in [0.29, 0.717) is 25.2 Å². The second-order valence-electron chi connectivity index (χ2n) is 6.19. The Labute approximate surface area is 132 Å². The minimum atomic E-state index is -0.850. The number of furan rings is 1. The summed E-state index contributed by atoms with van der Waals surface area (Å²) in [6.07, 6.45) is 5.49. The molecule has 2 N–H and O–H groups in total. The molecule has 1 atom stereocenters. The standard InChI is InChI=1S/C17H27NO4/c1-3-13-7-8-15(22-13)14(12-21-2)18-16(19)11-17(20)9-5-4-6-10-17/h7-8,14,20H,3-6,9-12H2,1-2H3,(H,18,19). The van der Waals surface area contributed by atoms with Crippen molar-refractivity contribution in [2.24, 2.45) is 0 Å². The lowest BCUT2D eigenvalue weighted by molar-refractivity contribution is -0.128. The fraction of sp³-hybridized carbons (Fsp3) is 0.706. The number of hydrogen-bond donors (Lipinski definition) is 2. The Bertz CT molecular complexity index is 477. The van der Waals surface area contributed by atoms with Gasteiger partial charge in [-0.3, -0.25) is 4.79 Å². The van der Waals surface area contributed by atoms with Crippen LogP contribution in [0.4, 0.5) is 0 Å². The first-order chi connectivity index (χ1) is 10.6. The van der Waals surface area contributed by atoms with E-state index in [9.17, 15) is 9.90 Å². The van der Waals surface area contributed by atoms with E-state index in [0.717, 1.165) is 31.4 Å². The van der Waals surface area contributed by atoms with Gasteiger partial charge in [-0.25, -0.2) is 0 Å². The van der Waals surface area contributed by atoms with Crippen molar-refractivity contribution >= 4 is 5.91 Å². The minimum absolute atomic E-state index is 0.147. The molecule has 0 radical (unpaired) electrons. The predicted octanol–water partition coefficient (Wildman–Crippen LogP) is 2.73. The summed E-state index contributed by atoms with van der Waals surface area (Å²) in [6.45, 7) is 2.37. The molecule has 1 saturated carbocycles. The molecule has 0 saturated heterocycles. The Morgan fingerprint density at radius 1 is 1.41 bits per heavy atom. The van der Waals surface area contributed by atoms with E-state index < -0.39 is 5.60 Å². The van der Waals surface area contributed by atoms with Crippen LogP contribution in [0.5, 0.6) is 0 Å². The molecule has 1 aliphatic rings. The van der Waals surface area contributed by atoms with E-state index >= 15 is 0 Å². The van der Waals surface area contributed by atoms with Gasteiger partial charge in [-0.1, -0.05) is 26.2 Å². The zero-order valence-corrected chi connectivity index (χ0v) is 13.6. The molecule has 0 aromatic carbocycles. The molecular formula is C17H27NO4. The molecule has 1 aromatic heterocycles. The molecule has 1 aliphatic carbocycles. The molecule has 1 unspecified atom stereocenters. The van der Waals surface area contributed by atoms with Crippen LogP contribution in [0.1, 0.15) is 63.0 Å². The smallest absolute Gasteiger partial charge is 0.223 e. The summed E-state index contributed by atoms with van der Waals surface area (Å²) < 4.78 is 10.9. The number of methoxy groups -OCH3 is 1. The highest BCUT2D eigenvalue weighted by Crippen LogP contribution is 2.31. The van der Waals surface area contributed by atoms with Crippen LogP contribution in [-0.2, 0) is 16.0 Å². The average Bonchev–Trinajstić information content (AvgIpc) is 2.96. The van der Waals surface area contributed by atoms with Gasteiger partial charge < -0.3 is 19.6 Å². The van der Waals surface area contributed by atoms with Gasteiger partial charge in [0.05, 0.1) is 18.6 Å². The van der Waals surface area contributed by atoms with E-state index in [-0.39, 0.29) is 18.4 Å². The van der Waals surface area contributed by atoms with Gasteiger partial charge in [0.1, 0.15) is 17.6 Å². The molecular weight excluding hydrogens is 282 g/mol. The normalized spacial score (nSPS) is 18.9.